The molecule has 0 fully saturated rings. The van der Waals surface area contributed by atoms with E-state index in [4.69, 9.17) is 4.42 Å². The Bertz CT molecular complexity index is 2610. The van der Waals surface area contributed by atoms with Crippen molar-refractivity contribution in [2.45, 2.75) is 19.3 Å². The van der Waals surface area contributed by atoms with Gasteiger partial charge in [0.2, 0.25) is 0 Å². The number of nitrogens with zero attached hydrogens (tertiary/aromatic N) is 1. The van der Waals surface area contributed by atoms with E-state index < -0.39 is 0 Å². The third kappa shape index (κ3) is 2.66. The van der Waals surface area contributed by atoms with Crippen LogP contribution in [0.4, 0.5) is 0 Å². The average Bonchev–Trinajstić information content (AvgIpc) is 3.74. The smallest absolute Gasteiger partial charge is 0.146 e. The van der Waals surface area contributed by atoms with Crippen molar-refractivity contribution in [2.24, 2.45) is 0 Å². The van der Waals surface area contributed by atoms with Gasteiger partial charge in [-0.15, -0.1) is 11.3 Å². The van der Waals surface area contributed by atoms with Crippen LogP contribution in [0.1, 0.15) is 25.0 Å². The molecule has 10 rings (SSSR count). The number of hydrogen-bond donors (Lipinski definition) is 0. The molecule has 6 aromatic carbocycles. The molecule has 0 aliphatic heterocycles. The van der Waals surface area contributed by atoms with Crippen LogP contribution < -0.4 is 0 Å². The van der Waals surface area contributed by atoms with Gasteiger partial charge in [-0.3, -0.25) is 0 Å². The Morgan fingerprint density at radius 2 is 1.33 bits per heavy atom. The Morgan fingerprint density at radius 1 is 0.619 bits per heavy atom. The van der Waals surface area contributed by atoms with E-state index >= 15 is 0 Å². The largest absolute Gasteiger partial charge is 0.455 e. The van der Waals surface area contributed by atoms with Gasteiger partial charge in [-0.25, -0.2) is 0 Å². The van der Waals surface area contributed by atoms with Crippen molar-refractivity contribution >= 4 is 75.3 Å². The molecule has 0 N–H and O–H groups in total. The normalized spacial score (nSPS) is 14.1. The van der Waals surface area contributed by atoms with Crippen molar-refractivity contribution in [1.82, 2.24) is 4.57 Å². The van der Waals surface area contributed by atoms with Gasteiger partial charge < -0.3 is 8.98 Å². The van der Waals surface area contributed by atoms with Gasteiger partial charge in [-0.05, 0) is 52.6 Å². The number of thiophene rings is 1. The zero-order valence-electron chi connectivity index (χ0n) is 23.2. The summed E-state index contributed by atoms with van der Waals surface area (Å²) in [6, 6.07) is 42.1. The molecule has 3 heteroatoms. The van der Waals surface area contributed by atoms with Gasteiger partial charge in [0.25, 0.3) is 0 Å². The third-order valence-corrected chi connectivity index (χ3v) is 10.8. The lowest BCUT2D eigenvalue weighted by Crippen LogP contribution is -2.15. The second kappa shape index (κ2) is 7.70. The molecule has 0 unspecified atom stereocenters. The molecule has 0 amide bonds. The Morgan fingerprint density at radius 3 is 2.24 bits per heavy atom. The van der Waals surface area contributed by atoms with Crippen molar-refractivity contribution in [3.05, 3.63) is 126 Å². The fourth-order valence-electron chi connectivity index (χ4n) is 7.71. The van der Waals surface area contributed by atoms with E-state index in [0.717, 1.165) is 11.2 Å². The first-order valence-electron chi connectivity index (χ1n) is 14.5. The SMILES string of the molecule is CC1(C)c2ccccc2-c2ccc(-n3c4ccccc4c4c5oc6ccccc6c5c5c6ccccc6sc5c43)cc21. The molecule has 0 atom stereocenters. The second-order valence-corrected chi connectivity index (χ2v) is 13.1. The Balaban J connectivity index is 1.43. The summed E-state index contributed by atoms with van der Waals surface area (Å²) in [6.07, 6.45) is 0. The zero-order valence-corrected chi connectivity index (χ0v) is 24.0. The van der Waals surface area contributed by atoms with Crippen molar-refractivity contribution in [3.8, 4) is 16.8 Å². The molecule has 3 heterocycles. The van der Waals surface area contributed by atoms with E-state index in [9.17, 15) is 0 Å². The maximum atomic E-state index is 6.79. The number of furan rings is 1. The lowest BCUT2D eigenvalue weighted by atomic mass is 9.82. The molecule has 0 radical (unpaired) electrons. The van der Waals surface area contributed by atoms with Gasteiger partial charge in [0.15, 0.2) is 0 Å². The van der Waals surface area contributed by atoms with Gasteiger partial charge in [-0.1, -0.05) is 98.8 Å². The van der Waals surface area contributed by atoms with Crippen molar-refractivity contribution in [2.75, 3.05) is 0 Å². The maximum Gasteiger partial charge on any atom is 0.146 e. The molecule has 1 aliphatic carbocycles. The Labute approximate surface area is 246 Å². The highest BCUT2D eigenvalue weighted by Crippen LogP contribution is 2.52. The molecule has 0 spiro atoms. The summed E-state index contributed by atoms with van der Waals surface area (Å²) >= 11 is 1.89. The van der Waals surface area contributed by atoms with E-state index in [-0.39, 0.29) is 5.41 Å². The monoisotopic (exact) mass is 555 g/mol. The minimum absolute atomic E-state index is 0.0698. The standard InChI is InChI=1S/C39H25NOS/c1-39(2)28-15-7-3-11-23(28)24-20-19-22(21-29(24)39)40-30-16-8-4-12-25(30)35-36(40)38-34(27-14-6-10-18-32(27)42-38)33-26-13-5-9-17-31(26)41-37(33)35/h3-21H,1-2H3. The van der Waals surface area contributed by atoms with Crippen LogP contribution in [-0.4, -0.2) is 4.57 Å². The number of hydrogen-bond acceptors (Lipinski definition) is 2. The van der Waals surface area contributed by atoms with E-state index in [1.54, 1.807) is 0 Å². The highest BCUT2D eigenvalue weighted by molar-refractivity contribution is 7.27. The van der Waals surface area contributed by atoms with Crippen LogP contribution in [-0.2, 0) is 5.41 Å². The molecule has 198 valence electrons. The number of para-hydroxylation sites is 2. The predicted molar refractivity (Wildman–Crippen MR) is 179 cm³/mol. The first-order valence-corrected chi connectivity index (χ1v) is 15.4. The summed E-state index contributed by atoms with van der Waals surface area (Å²) in [5.41, 5.74) is 10.9. The molecular weight excluding hydrogens is 531 g/mol. The van der Waals surface area contributed by atoms with Crippen LogP contribution in [0.5, 0.6) is 0 Å². The first kappa shape index (κ1) is 22.8. The minimum Gasteiger partial charge on any atom is -0.455 e. The Hall–Kier alpha value is -4.86. The molecule has 0 saturated heterocycles. The van der Waals surface area contributed by atoms with Crippen molar-refractivity contribution in [3.63, 3.8) is 0 Å². The molecule has 9 aromatic rings. The molecule has 1 aliphatic rings. The molecular formula is C39H25NOS. The average molecular weight is 556 g/mol. The number of benzene rings is 6. The van der Waals surface area contributed by atoms with Crippen molar-refractivity contribution < 1.29 is 4.42 Å². The molecule has 0 saturated carbocycles. The number of rotatable bonds is 1. The first-order chi connectivity index (χ1) is 20.6. The summed E-state index contributed by atoms with van der Waals surface area (Å²) in [5, 5.41) is 7.40. The third-order valence-electron chi connectivity index (χ3n) is 9.58. The van der Waals surface area contributed by atoms with Crippen LogP contribution >= 0.6 is 11.3 Å². The molecule has 0 bridgehead atoms. The van der Waals surface area contributed by atoms with Crippen LogP contribution in [0.2, 0.25) is 0 Å². The molecule has 3 aromatic heterocycles. The molecule has 42 heavy (non-hydrogen) atoms. The number of aromatic nitrogens is 1. The Kier molecular flexibility index (Phi) is 4.18. The second-order valence-electron chi connectivity index (χ2n) is 12.1. The van der Waals surface area contributed by atoms with Gasteiger partial charge in [0.1, 0.15) is 11.2 Å². The van der Waals surface area contributed by atoms with Gasteiger partial charge >= 0.3 is 0 Å². The summed E-state index contributed by atoms with van der Waals surface area (Å²) in [4.78, 5) is 0. The summed E-state index contributed by atoms with van der Waals surface area (Å²) in [5.74, 6) is 0. The van der Waals surface area contributed by atoms with Crippen molar-refractivity contribution in [1.29, 1.82) is 0 Å². The highest BCUT2D eigenvalue weighted by Gasteiger charge is 2.35. The summed E-state index contributed by atoms with van der Waals surface area (Å²) in [7, 11) is 0. The molecule has 2 nitrogen and oxygen atoms in total. The lowest BCUT2D eigenvalue weighted by molar-refractivity contribution is 0.660. The topological polar surface area (TPSA) is 18.1 Å². The van der Waals surface area contributed by atoms with Gasteiger partial charge in [0, 0.05) is 42.7 Å². The predicted octanol–water partition coefficient (Wildman–Crippen LogP) is 11.4. The maximum absolute atomic E-state index is 6.79. The van der Waals surface area contributed by atoms with Crippen LogP contribution in [0, 0.1) is 0 Å². The van der Waals surface area contributed by atoms with E-state index in [1.165, 1.54) is 80.7 Å². The van der Waals surface area contributed by atoms with Crippen LogP contribution in [0.3, 0.4) is 0 Å². The van der Waals surface area contributed by atoms with E-state index in [0.29, 0.717) is 0 Å². The zero-order chi connectivity index (χ0) is 27.7. The number of fused-ring (bicyclic) bond motifs is 15. The van der Waals surface area contributed by atoms with E-state index in [2.05, 4.69) is 134 Å². The van der Waals surface area contributed by atoms with Gasteiger partial charge in [0.05, 0.1) is 21.1 Å². The fraction of sp³-hybridized carbons (Fsp3) is 0.0769. The summed E-state index contributed by atoms with van der Waals surface area (Å²) < 4.78 is 11.9. The quantitative estimate of drug-likeness (QED) is 0.197. The van der Waals surface area contributed by atoms with Crippen LogP contribution in [0.25, 0.3) is 80.7 Å². The summed E-state index contributed by atoms with van der Waals surface area (Å²) in [6.45, 7) is 4.71. The lowest BCUT2D eigenvalue weighted by Gasteiger charge is -2.22. The van der Waals surface area contributed by atoms with Crippen LogP contribution in [0.15, 0.2) is 120 Å². The fourth-order valence-corrected chi connectivity index (χ4v) is 8.97. The minimum atomic E-state index is -0.0698. The highest BCUT2D eigenvalue weighted by atomic mass is 32.1. The van der Waals surface area contributed by atoms with Gasteiger partial charge in [-0.2, -0.15) is 0 Å². The van der Waals surface area contributed by atoms with E-state index in [1.807, 2.05) is 11.3 Å².